The Morgan fingerprint density at radius 1 is 1.16 bits per heavy atom. The molecule has 0 atom stereocenters. The van der Waals surface area contributed by atoms with Crippen molar-refractivity contribution in [2.75, 3.05) is 5.32 Å². The second-order valence-electron chi connectivity index (χ2n) is 3.84. The van der Waals surface area contributed by atoms with Gasteiger partial charge in [0.1, 0.15) is 16.7 Å². The van der Waals surface area contributed by atoms with E-state index in [0.717, 1.165) is 9.99 Å². The van der Waals surface area contributed by atoms with Crippen molar-refractivity contribution >= 4 is 38.6 Å². The van der Waals surface area contributed by atoms with Gasteiger partial charge >= 0.3 is 0 Å². The number of hydrogen-bond acceptors (Lipinski definition) is 4. The zero-order valence-corrected chi connectivity index (χ0v) is 11.2. The van der Waals surface area contributed by atoms with Crippen molar-refractivity contribution in [3.63, 3.8) is 0 Å². The summed E-state index contributed by atoms with van der Waals surface area (Å²) in [7, 11) is 0. The fraction of sp³-hybridized carbons (Fsp3) is 0. The Morgan fingerprint density at radius 3 is 2.79 bits per heavy atom. The highest BCUT2D eigenvalue weighted by molar-refractivity contribution is 9.10. The molecule has 3 rings (SSSR count). The van der Waals surface area contributed by atoms with Crippen LogP contribution in [0.2, 0.25) is 0 Å². The van der Waals surface area contributed by atoms with E-state index in [-0.39, 0.29) is 5.91 Å². The molecule has 0 radical (unpaired) electrons. The summed E-state index contributed by atoms with van der Waals surface area (Å²) >= 11 is 3.27. The molecular weight excluding hydrogens is 310 g/mol. The molecule has 2 aromatic heterocycles. The maximum absolute atomic E-state index is 12.0. The average molecular weight is 318 g/mol. The standard InChI is InChI=1S/C12H8BrN5O/c13-7-1-3-10(14-6-7)12(19)15-8-2-4-9-11(5-8)17-18-16-9/h1-6H,(H,15,19)(H,16,17,18). The number of nitrogens with one attached hydrogen (secondary N) is 2. The van der Waals surface area contributed by atoms with Gasteiger partial charge in [0.2, 0.25) is 0 Å². The lowest BCUT2D eigenvalue weighted by Gasteiger charge is -2.04. The molecule has 0 fully saturated rings. The number of aromatic amines is 1. The van der Waals surface area contributed by atoms with Gasteiger partial charge in [0, 0.05) is 16.4 Å². The molecule has 0 aliphatic rings. The molecule has 0 spiro atoms. The third-order valence-corrected chi connectivity index (χ3v) is 3.00. The van der Waals surface area contributed by atoms with Gasteiger partial charge in [0.15, 0.2) is 0 Å². The maximum atomic E-state index is 12.0. The Bertz CT molecular complexity index is 737. The van der Waals surface area contributed by atoms with Gasteiger partial charge < -0.3 is 5.32 Å². The Labute approximate surface area is 116 Å². The zero-order chi connectivity index (χ0) is 13.2. The molecule has 0 aliphatic heterocycles. The first-order chi connectivity index (χ1) is 9.22. The van der Waals surface area contributed by atoms with Crippen molar-refractivity contribution in [1.82, 2.24) is 20.4 Å². The minimum absolute atomic E-state index is 0.268. The van der Waals surface area contributed by atoms with Crippen LogP contribution in [0.25, 0.3) is 11.0 Å². The molecule has 6 nitrogen and oxygen atoms in total. The van der Waals surface area contributed by atoms with Crippen LogP contribution in [0.15, 0.2) is 41.0 Å². The van der Waals surface area contributed by atoms with Gasteiger partial charge in [-0.2, -0.15) is 15.4 Å². The lowest BCUT2D eigenvalue weighted by Crippen LogP contribution is -2.13. The summed E-state index contributed by atoms with van der Waals surface area (Å²) in [6.07, 6.45) is 1.58. The first-order valence-corrected chi connectivity index (χ1v) is 6.25. The zero-order valence-electron chi connectivity index (χ0n) is 9.59. The molecule has 0 saturated heterocycles. The summed E-state index contributed by atoms with van der Waals surface area (Å²) in [5.41, 5.74) is 2.45. The molecule has 0 aliphatic carbocycles. The van der Waals surface area contributed by atoms with Crippen LogP contribution in [-0.4, -0.2) is 26.3 Å². The number of hydrogen-bond donors (Lipinski definition) is 2. The minimum atomic E-state index is -0.268. The van der Waals surface area contributed by atoms with E-state index in [1.54, 1.807) is 36.5 Å². The third-order valence-electron chi connectivity index (χ3n) is 2.53. The molecule has 0 saturated carbocycles. The monoisotopic (exact) mass is 317 g/mol. The van der Waals surface area contributed by atoms with E-state index in [4.69, 9.17) is 0 Å². The normalized spacial score (nSPS) is 10.6. The molecular formula is C12H8BrN5O. The SMILES string of the molecule is O=C(Nc1ccc2n[nH]nc2c1)c1ccc(Br)cn1. The number of anilines is 1. The maximum Gasteiger partial charge on any atom is 0.274 e. The Balaban J connectivity index is 1.83. The topological polar surface area (TPSA) is 83.6 Å². The van der Waals surface area contributed by atoms with E-state index in [9.17, 15) is 4.79 Å². The van der Waals surface area contributed by atoms with Gasteiger partial charge in [-0.25, -0.2) is 4.98 Å². The molecule has 1 amide bonds. The van der Waals surface area contributed by atoms with E-state index in [0.29, 0.717) is 16.9 Å². The summed E-state index contributed by atoms with van der Waals surface area (Å²) < 4.78 is 0.827. The second-order valence-corrected chi connectivity index (χ2v) is 4.76. The number of aromatic nitrogens is 4. The highest BCUT2D eigenvalue weighted by atomic mass is 79.9. The summed E-state index contributed by atoms with van der Waals surface area (Å²) in [4.78, 5) is 16.0. The number of carbonyl (C=O) groups excluding carboxylic acids is 1. The van der Waals surface area contributed by atoms with Crippen LogP contribution in [0, 0.1) is 0 Å². The number of H-pyrrole nitrogens is 1. The summed E-state index contributed by atoms with van der Waals surface area (Å²) in [5, 5.41) is 13.2. The summed E-state index contributed by atoms with van der Waals surface area (Å²) in [5.74, 6) is -0.268. The number of rotatable bonds is 2. The van der Waals surface area contributed by atoms with Crippen LogP contribution in [-0.2, 0) is 0 Å². The number of fused-ring (bicyclic) bond motifs is 1. The van der Waals surface area contributed by atoms with Crippen LogP contribution in [0.5, 0.6) is 0 Å². The molecule has 19 heavy (non-hydrogen) atoms. The van der Waals surface area contributed by atoms with Crippen molar-refractivity contribution in [1.29, 1.82) is 0 Å². The Hall–Kier alpha value is -2.28. The number of carbonyl (C=O) groups is 1. The predicted molar refractivity (Wildman–Crippen MR) is 73.8 cm³/mol. The molecule has 2 N–H and O–H groups in total. The van der Waals surface area contributed by atoms with E-state index in [1.165, 1.54) is 0 Å². The van der Waals surface area contributed by atoms with Gasteiger partial charge in [-0.15, -0.1) is 0 Å². The molecule has 7 heteroatoms. The molecule has 0 unspecified atom stereocenters. The van der Waals surface area contributed by atoms with Gasteiger partial charge in [0.05, 0.1) is 0 Å². The van der Waals surface area contributed by atoms with Crippen molar-refractivity contribution in [2.45, 2.75) is 0 Å². The number of nitrogens with zero attached hydrogens (tertiary/aromatic N) is 3. The van der Waals surface area contributed by atoms with Crippen molar-refractivity contribution < 1.29 is 4.79 Å². The van der Waals surface area contributed by atoms with Crippen molar-refractivity contribution in [3.8, 4) is 0 Å². The second kappa shape index (κ2) is 4.77. The Morgan fingerprint density at radius 2 is 2.00 bits per heavy atom. The highest BCUT2D eigenvalue weighted by Gasteiger charge is 2.08. The van der Waals surface area contributed by atoms with E-state index < -0.39 is 0 Å². The first kappa shape index (κ1) is 11.8. The van der Waals surface area contributed by atoms with Crippen molar-refractivity contribution in [2.24, 2.45) is 0 Å². The number of benzene rings is 1. The number of halogens is 1. The molecule has 2 heterocycles. The van der Waals surface area contributed by atoms with E-state index in [2.05, 4.69) is 41.6 Å². The van der Waals surface area contributed by atoms with Gasteiger partial charge in [0.25, 0.3) is 5.91 Å². The summed E-state index contributed by atoms with van der Waals surface area (Å²) in [6.45, 7) is 0. The number of pyridine rings is 1. The Kier molecular flexibility index (Phi) is 2.96. The molecule has 0 bridgehead atoms. The molecule has 94 valence electrons. The van der Waals surface area contributed by atoms with Crippen LogP contribution in [0.3, 0.4) is 0 Å². The van der Waals surface area contributed by atoms with Crippen LogP contribution < -0.4 is 5.32 Å². The van der Waals surface area contributed by atoms with E-state index in [1.807, 2.05) is 0 Å². The van der Waals surface area contributed by atoms with Crippen LogP contribution >= 0.6 is 15.9 Å². The number of amides is 1. The fourth-order valence-electron chi connectivity index (χ4n) is 1.62. The van der Waals surface area contributed by atoms with Gasteiger partial charge in [-0.05, 0) is 46.3 Å². The quantitative estimate of drug-likeness (QED) is 0.760. The lowest BCUT2D eigenvalue weighted by atomic mass is 10.2. The smallest absolute Gasteiger partial charge is 0.274 e. The predicted octanol–water partition coefficient (Wildman–Crippen LogP) is 2.37. The van der Waals surface area contributed by atoms with E-state index >= 15 is 0 Å². The fourth-order valence-corrected chi connectivity index (χ4v) is 1.86. The van der Waals surface area contributed by atoms with Gasteiger partial charge in [-0.3, -0.25) is 4.79 Å². The minimum Gasteiger partial charge on any atom is -0.321 e. The third kappa shape index (κ3) is 2.45. The molecule has 3 aromatic rings. The largest absolute Gasteiger partial charge is 0.321 e. The van der Waals surface area contributed by atoms with Crippen LogP contribution in [0.1, 0.15) is 10.5 Å². The molecule has 1 aromatic carbocycles. The highest BCUT2D eigenvalue weighted by Crippen LogP contribution is 2.16. The van der Waals surface area contributed by atoms with Crippen molar-refractivity contribution in [3.05, 3.63) is 46.7 Å². The summed E-state index contributed by atoms with van der Waals surface area (Å²) in [6, 6.07) is 8.71. The lowest BCUT2D eigenvalue weighted by molar-refractivity contribution is 0.102. The van der Waals surface area contributed by atoms with Gasteiger partial charge in [-0.1, -0.05) is 0 Å². The average Bonchev–Trinajstić information content (AvgIpc) is 2.87. The van der Waals surface area contributed by atoms with Crippen LogP contribution in [0.4, 0.5) is 5.69 Å². The first-order valence-electron chi connectivity index (χ1n) is 5.46.